The average Bonchev–Trinajstić information content (AvgIpc) is 3.25. The summed E-state index contributed by atoms with van der Waals surface area (Å²) in [6, 6.07) is 16.8. The number of hydrogen-bond acceptors (Lipinski definition) is 3. The second-order valence-corrected chi connectivity index (χ2v) is 8.41. The molecule has 2 fully saturated rings. The molecule has 0 bridgehead atoms. The third-order valence-corrected chi connectivity index (χ3v) is 6.76. The van der Waals surface area contributed by atoms with Crippen molar-refractivity contribution >= 4 is 36.4 Å². The summed E-state index contributed by atoms with van der Waals surface area (Å²) in [6.07, 6.45) is 8.15. The molecule has 1 atom stereocenters. The maximum absolute atomic E-state index is 13.0. The van der Waals surface area contributed by atoms with Crippen molar-refractivity contribution in [1.29, 1.82) is 0 Å². The maximum atomic E-state index is 13.0. The minimum absolute atomic E-state index is 0. The number of piperidine rings is 2. The molecule has 5 nitrogen and oxygen atoms in total. The van der Waals surface area contributed by atoms with Crippen molar-refractivity contribution in [3.05, 3.63) is 72.2 Å². The molecule has 5 rings (SSSR count). The first-order valence-corrected chi connectivity index (χ1v) is 10.8. The first kappa shape index (κ1) is 23.6. The quantitative estimate of drug-likeness (QED) is 0.640. The molecule has 0 saturated carbocycles. The standard InChI is InChI=1S/C24H28N4O.2ClH/c29-23(19-7-6-13-25-17-19)27-15-11-24(12-16-27,20-8-2-1-3-9-20)21-18-28-14-5-4-10-22(28)26-21;;/h1-5,8-10,14,18-19,25H,6-7,11-13,15-17H2;2*1H/t19-;;/m0../s1. The van der Waals surface area contributed by atoms with Gasteiger partial charge in [-0.05, 0) is 49.9 Å². The molecule has 4 heterocycles. The number of fused-ring (bicyclic) bond motifs is 1. The van der Waals surface area contributed by atoms with E-state index in [2.05, 4.69) is 63.4 Å². The van der Waals surface area contributed by atoms with Crippen molar-refractivity contribution in [3.8, 4) is 0 Å². The topological polar surface area (TPSA) is 49.6 Å². The van der Waals surface area contributed by atoms with Crippen molar-refractivity contribution in [2.75, 3.05) is 26.2 Å². The fourth-order valence-corrected chi connectivity index (χ4v) is 5.04. The van der Waals surface area contributed by atoms with Crippen molar-refractivity contribution in [3.63, 3.8) is 0 Å². The number of carbonyl (C=O) groups excluding carboxylic acids is 1. The van der Waals surface area contributed by atoms with Gasteiger partial charge in [0, 0.05) is 37.4 Å². The van der Waals surface area contributed by atoms with Crippen LogP contribution in [0.15, 0.2) is 60.9 Å². The van der Waals surface area contributed by atoms with Crippen LogP contribution in [0.2, 0.25) is 0 Å². The molecule has 2 aliphatic rings. The molecule has 3 aromatic rings. The number of nitrogens with one attached hydrogen (secondary N) is 1. The van der Waals surface area contributed by atoms with E-state index < -0.39 is 0 Å². The lowest BCUT2D eigenvalue weighted by Crippen LogP contribution is -2.49. The summed E-state index contributed by atoms with van der Waals surface area (Å²) >= 11 is 0. The van der Waals surface area contributed by atoms with Gasteiger partial charge in [0.2, 0.25) is 5.91 Å². The number of nitrogens with zero attached hydrogens (tertiary/aromatic N) is 3. The van der Waals surface area contributed by atoms with Gasteiger partial charge in [-0.3, -0.25) is 4.79 Å². The highest BCUT2D eigenvalue weighted by atomic mass is 35.5. The van der Waals surface area contributed by atoms with E-state index in [9.17, 15) is 4.79 Å². The maximum Gasteiger partial charge on any atom is 0.226 e. The molecular weight excluding hydrogens is 431 g/mol. The summed E-state index contributed by atoms with van der Waals surface area (Å²) in [4.78, 5) is 20.1. The zero-order valence-corrected chi connectivity index (χ0v) is 19.2. The molecule has 0 aliphatic carbocycles. The van der Waals surface area contributed by atoms with Crippen LogP contribution in [0.1, 0.15) is 36.9 Å². The molecule has 31 heavy (non-hydrogen) atoms. The fourth-order valence-electron chi connectivity index (χ4n) is 5.04. The lowest BCUT2D eigenvalue weighted by Gasteiger charge is -2.42. The van der Waals surface area contributed by atoms with Gasteiger partial charge in [-0.2, -0.15) is 0 Å². The lowest BCUT2D eigenvalue weighted by molar-refractivity contribution is -0.137. The van der Waals surface area contributed by atoms with Gasteiger partial charge in [-0.1, -0.05) is 36.4 Å². The molecule has 2 aromatic heterocycles. The van der Waals surface area contributed by atoms with Crippen molar-refractivity contribution in [1.82, 2.24) is 19.6 Å². The number of rotatable bonds is 3. The highest BCUT2D eigenvalue weighted by molar-refractivity contribution is 5.85. The largest absolute Gasteiger partial charge is 0.342 e. The Morgan fingerprint density at radius 1 is 1.03 bits per heavy atom. The highest BCUT2D eigenvalue weighted by Crippen LogP contribution is 2.41. The monoisotopic (exact) mass is 460 g/mol. The van der Waals surface area contributed by atoms with Crippen LogP contribution in [0, 0.1) is 5.92 Å². The number of carbonyl (C=O) groups is 1. The van der Waals surface area contributed by atoms with Crippen LogP contribution in [0.4, 0.5) is 0 Å². The van der Waals surface area contributed by atoms with Gasteiger partial charge in [-0.15, -0.1) is 24.8 Å². The zero-order chi connectivity index (χ0) is 19.7. The average molecular weight is 461 g/mol. The molecule has 0 unspecified atom stereocenters. The number of likely N-dealkylation sites (tertiary alicyclic amines) is 1. The third-order valence-electron chi connectivity index (χ3n) is 6.76. The zero-order valence-electron chi connectivity index (χ0n) is 17.6. The van der Waals surface area contributed by atoms with Gasteiger partial charge in [-0.25, -0.2) is 4.98 Å². The first-order chi connectivity index (χ1) is 14.3. The lowest BCUT2D eigenvalue weighted by atomic mass is 9.70. The Morgan fingerprint density at radius 2 is 1.77 bits per heavy atom. The van der Waals surface area contributed by atoms with E-state index in [1.165, 1.54) is 5.56 Å². The van der Waals surface area contributed by atoms with Crippen LogP contribution in [-0.2, 0) is 10.2 Å². The van der Waals surface area contributed by atoms with Crippen molar-refractivity contribution < 1.29 is 4.79 Å². The van der Waals surface area contributed by atoms with Crippen molar-refractivity contribution in [2.24, 2.45) is 5.92 Å². The minimum atomic E-state index is -0.144. The van der Waals surface area contributed by atoms with Gasteiger partial charge in [0.1, 0.15) is 5.65 Å². The molecule has 2 saturated heterocycles. The predicted molar refractivity (Wildman–Crippen MR) is 128 cm³/mol. The summed E-state index contributed by atoms with van der Waals surface area (Å²) in [5, 5.41) is 3.38. The number of amides is 1. The van der Waals surface area contributed by atoms with E-state index >= 15 is 0 Å². The summed E-state index contributed by atoms with van der Waals surface area (Å²) in [7, 11) is 0. The van der Waals surface area contributed by atoms with Gasteiger partial charge in [0.15, 0.2) is 0 Å². The Morgan fingerprint density at radius 3 is 2.45 bits per heavy atom. The highest BCUT2D eigenvalue weighted by Gasteiger charge is 2.41. The predicted octanol–water partition coefficient (Wildman–Crippen LogP) is 4.09. The van der Waals surface area contributed by atoms with E-state index in [1.807, 2.05) is 12.1 Å². The summed E-state index contributed by atoms with van der Waals surface area (Å²) in [5.41, 5.74) is 3.25. The second kappa shape index (κ2) is 10.0. The molecule has 1 N–H and O–H groups in total. The molecule has 166 valence electrons. The molecule has 1 amide bonds. The molecule has 0 radical (unpaired) electrons. The van der Waals surface area contributed by atoms with E-state index in [0.717, 1.165) is 63.2 Å². The van der Waals surface area contributed by atoms with Crippen LogP contribution in [0.25, 0.3) is 5.65 Å². The Hall–Kier alpha value is -2.08. The van der Waals surface area contributed by atoms with Crippen LogP contribution in [0.3, 0.4) is 0 Å². The Balaban J connectivity index is 0.00000136. The summed E-state index contributed by atoms with van der Waals surface area (Å²) in [5.74, 6) is 0.469. The number of halogens is 2. The molecule has 7 heteroatoms. The summed E-state index contributed by atoms with van der Waals surface area (Å²) < 4.78 is 2.10. The van der Waals surface area contributed by atoms with E-state index in [-0.39, 0.29) is 36.1 Å². The number of hydrogen-bond donors (Lipinski definition) is 1. The van der Waals surface area contributed by atoms with Gasteiger partial charge >= 0.3 is 0 Å². The van der Waals surface area contributed by atoms with Crippen molar-refractivity contribution in [2.45, 2.75) is 31.1 Å². The minimum Gasteiger partial charge on any atom is -0.342 e. The number of imidazole rings is 1. The van der Waals surface area contributed by atoms with Crippen LogP contribution in [-0.4, -0.2) is 46.4 Å². The Bertz CT molecular complexity index is 960. The van der Waals surface area contributed by atoms with Crippen LogP contribution < -0.4 is 5.32 Å². The third kappa shape index (κ3) is 4.45. The normalized spacial score (nSPS) is 20.5. The Kier molecular flexibility index (Phi) is 7.63. The Labute approximate surface area is 196 Å². The number of pyridine rings is 1. The molecule has 0 spiro atoms. The number of aromatic nitrogens is 2. The van der Waals surface area contributed by atoms with E-state index in [4.69, 9.17) is 4.98 Å². The van der Waals surface area contributed by atoms with E-state index in [1.54, 1.807) is 0 Å². The summed E-state index contributed by atoms with van der Waals surface area (Å²) in [6.45, 7) is 3.44. The molecule has 1 aromatic carbocycles. The van der Waals surface area contributed by atoms with Gasteiger partial charge < -0.3 is 14.6 Å². The molecule has 2 aliphatic heterocycles. The van der Waals surface area contributed by atoms with Gasteiger partial charge in [0.05, 0.1) is 11.6 Å². The SMILES string of the molecule is Cl.Cl.O=C([C@H]1CCCNC1)N1CCC(c2ccccc2)(c2cn3ccccc3n2)CC1. The van der Waals surface area contributed by atoms with Crippen LogP contribution >= 0.6 is 24.8 Å². The molecular formula is C24H30Cl2N4O. The second-order valence-electron chi connectivity index (χ2n) is 8.41. The first-order valence-electron chi connectivity index (χ1n) is 10.8. The van der Waals surface area contributed by atoms with Gasteiger partial charge in [0.25, 0.3) is 0 Å². The van der Waals surface area contributed by atoms with Crippen LogP contribution in [0.5, 0.6) is 0 Å². The number of benzene rings is 1. The fraction of sp³-hybridized carbons (Fsp3) is 0.417. The van der Waals surface area contributed by atoms with E-state index in [0.29, 0.717) is 5.91 Å². The smallest absolute Gasteiger partial charge is 0.226 e.